The number of hydrazone groups is 1. The minimum atomic E-state index is -3.71. The maximum atomic E-state index is 12.2. The molecule has 0 bridgehead atoms. The van der Waals surface area contributed by atoms with Gasteiger partial charge in [-0.3, -0.25) is 9.10 Å². The molecule has 1 amide bonds. The summed E-state index contributed by atoms with van der Waals surface area (Å²) < 4.78 is 31.0. The number of hydrogen-bond acceptors (Lipinski definition) is 6. The van der Waals surface area contributed by atoms with Gasteiger partial charge in [0, 0.05) is 11.5 Å². The molecule has 0 spiro atoms. The van der Waals surface area contributed by atoms with Crippen molar-refractivity contribution in [1.82, 2.24) is 5.43 Å². The van der Waals surface area contributed by atoms with Gasteiger partial charge in [0.1, 0.15) is 18.4 Å². The first kappa shape index (κ1) is 21.5. The van der Waals surface area contributed by atoms with Crippen LogP contribution in [0.3, 0.4) is 0 Å². The van der Waals surface area contributed by atoms with Crippen molar-refractivity contribution >= 4 is 51.2 Å². The summed E-state index contributed by atoms with van der Waals surface area (Å²) in [6.45, 7) is -0.442. The fourth-order valence-electron chi connectivity index (χ4n) is 2.52. The predicted molar refractivity (Wildman–Crippen MR) is 118 cm³/mol. The summed E-state index contributed by atoms with van der Waals surface area (Å²) in [5.74, 6) is 2.12. The summed E-state index contributed by atoms with van der Waals surface area (Å²) in [6.07, 6.45) is 2.72. The second kappa shape index (κ2) is 9.51. The third kappa shape index (κ3) is 6.12. The minimum Gasteiger partial charge on any atom is -0.489 e. The van der Waals surface area contributed by atoms with Crippen molar-refractivity contribution in [2.24, 2.45) is 5.10 Å². The Morgan fingerprint density at radius 2 is 2.07 bits per heavy atom. The van der Waals surface area contributed by atoms with E-state index >= 15 is 0 Å². The van der Waals surface area contributed by atoms with Crippen molar-refractivity contribution in [1.29, 1.82) is 0 Å². The first-order valence-electron chi connectivity index (χ1n) is 8.71. The van der Waals surface area contributed by atoms with Gasteiger partial charge in [0.05, 0.1) is 23.2 Å². The topological polar surface area (TPSA) is 88.1 Å². The van der Waals surface area contributed by atoms with Crippen molar-refractivity contribution in [3.63, 3.8) is 0 Å². The van der Waals surface area contributed by atoms with E-state index in [-0.39, 0.29) is 16.8 Å². The van der Waals surface area contributed by atoms with Crippen molar-refractivity contribution < 1.29 is 17.9 Å². The molecule has 0 aliphatic carbocycles. The molecule has 0 unspecified atom stereocenters. The molecule has 1 N–H and O–H groups in total. The lowest BCUT2D eigenvalue weighted by atomic mass is 10.2. The Balaban J connectivity index is 1.62. The van der Waals surface area contributed by atoms with Crippen LogP contribution >= 0.6 is 23.4 Å². The zero-order chi connectivity index (χ0) is 20.9. The Kier molecular flexibility index (Phi) is 7.05. The Hall–Kier alpha value is -2.23. The fraction of sp³-hybridized carbons (Fsp3) is 0.263. The number of nitrogens with zero attached hydrogens (tertiary/aromatic N) is 2. The summed E-state index contributed by atoms with van der Waals surface area (Å²) >= 11 is 7.92. The minimum absolute atomic E-state index is 0.231. The summed E-state index contributed by atoms with van der Waals surface area (Å²) in [5, 5.41) is 4.14. The van der Waals surface area contributed by atoms with Gasteiger partial charge in [-0.05, 0) is 29.8 Å². The van der Waals surface area contributed by atoms with E-state index in [1.165, 1.54) is 12.3 Å². The molecule has 0 radical (unpaired) electrons. The Morgan fingerprint density at radius 1 is 1.31 bits per heavy atom. The molecule has 0 atom stereocenters. The highest BCUT2D eigenvalue weighted by atomic mass is 35.5. The number of para-hydroxylation sites is 1. The molecule has 154 valence electrons. The number of sulfonamides is 1. The van der Waals surface area contributed by atoms with Crippen molar-refractivity contribution in [3.05, 3.63) is 59.1 Å². The molecule has 0 saturated carbocycles. The lowest BCUT2D eigenvalue weighted by molar-refractivity contribution is -0.119. The SMILES string of the molecule is CS(=O)(=O)N(CC(=O)NN=Cc1cccc(OC2CSC2)c1)c1ccccc1Cl. The van der Waals surface area contributed by atoms with Crippen LogP contribution in [-0.4, -0.2) is 50.9 Å². The third-order valence-electron chi connectivity index (χ3n) is 3.98. The average Bonchev–Trinajstić information content (AvgIpc) is 2.63. The van der Waals surface area contributed by atoms with Crippen molar-refractivity contribution in [2.75, 3.05) is 28.6 Å². The van der Waals surface area contributed by atoms with E-state index in [0.717, 1.165) is 33.4 Å². The van der Waals surface area contributed by atoms with Crippen LogP contribution in [-0.2, 0) is 14.8 Å². The second-order valence-corrected chi connectivity index (χ2v) is 9.75. The maximum absolute atomic E-state index is 12.2. The highest BCUT2D eigenvalue weighted by Crippen LogP contribution is 2.27. The second-order valence-electron chi connectivity index (χ2n) is 6.36. The summed E-state index contributed by atoms with van der Waals surface area (Å²) in [6, 6.07) is 13.8. The van der Waals surface area contributed by atoms with Gasteiger partial charge in [-0.2, -0.15) is 16.9 Å². The molecule has 2 aromatic rings. The largest absolute Gasteiger partial charge is 0.489 e. The van der Waals surface area contributed by atoms with E-state index in [0.29, 0.717) is 0 Å². The van der Waals surface area contributed by atoms with E-state index in [4.69, 9.17) is 16.3 Å². The smallest absolute Gasteiger partial charge is 0.260 e. The normalized spacial score (nSPS) is 14.4. The van der Waals surface area contributed by atoms with Crippen LogP contribution < -0.4 is 14.5 Å². The molecule has 3 rings (SSSR count). The van der Waals surface area contributed by atoms with Crippen LogP contribution in [0, 0.1) is 0 Å². The van der Waals surface area contributed by atoms with E-state index in [2.05, 4.69) is 10.5 Å². The molecule has 1 fully saturated rings. The van der Waals surface area contributed by atoms with E-state index in [1.807, 2.05) is 36.0 Å². The van der Waals surface area contributed by atoms with Crippen LogP contribution in [0.15, 0.2) is 53.6 Å². The number of carbonyl (C=O) groups excluding carboxylic acids is 1. The van der Waals surface area contributed by atoms with Crippen LogP contribution in [0.4, 0.5) is 5.69 Å². The van der Waals surface area contributed by atoms with Gasteiger partial charge in [0.25, 0.3) is 5.91 Å². The number of amides is 1. The van der Waals surface area contributed by atoms with Crippen molar-refractivity contribution in [3.8, 4) is 5.75 Å². The van der Waals surface area contributed by atoms with Gasteiger partial charge in [0.15, 0.2) is 0 Å². The quantitative estimate of drug-likeness (QED) is 0.490. The zero-order valence-corrected chi connectivity index (χ0v) is 18.0. The Morgan fingerprint density at radius 3 is 2.72 bits per heavy atom. The highest BCUT2D eigenvalue weighted by Gasteiger charge is 2.22. The number of carbonyl (C=O) groups is 1. The van der Waals surface area contributed by atoms with Crippen LogP contribution in [0.25, 0.3) is 0 Å². The van der Waals surface area contributed by atoms with Crippen molar-refractivity contribution in [2.45, 2.75) is 6.10 Å². The average molecular weight is 454 g/mol. The molecule has 1 heterocycles. The molecule has 1 aliphatic rings. The standard InChI is InChI=1S/C19H20ClN3O4S2/c1-29(25,26)23(18-8-3-2-7-17(18)20)11-19(24)22-21-10-14-5-4-6-15(9-14)27-16-12-28-13-16/h2-10,16H,11-13H2,1H3,(H,22,24). The number of anilines is 1. The fourth-order valence-corrected chi connectivity index (χ4v) is 4.24. The number of halogens is 1. The lowest BCUT2D eigenvalue weighted by Gasteiger charge is -2.25. The van der Waals surface area contributed by atoms with Gasteiger partial charge in [-0.25, -0.2) is 13.8 Å². The Bertz CT molecular complexity index is 1010. The number of hydrogen-bond donors (Lipinski definition) is 1. The third-order valence-corrected chi connectivity index (χ3v) is 6.64. The van der Waals surface area contributed by atoms with Gasteiger partial charge in [0.2, 0.25) is 10.0 Å². The van der Waals surface area contributed by atoms with Gasteiger partial charge >= 0.3 is 0 Å². The number of thioether (sulfide) groups is 1. The first-order chi connectivity index (χ1) is 13.8. The number of rotatable bonds is 8. The van der Waals surface area contributed by atoms with E-state index < -0.39 is 22.5 Å². The van der Waals surface area contributed by atoms with Crippen LogP contribution in [0.2, 0.25) is 5.02 Å². The molecular formula is C19H20ClN3O4S2. The summed E-state index contributed by atoms with van der Waals surface area (Å²) in [7, 11) is -3.71. The number of benzene rings is 2. The number of nitrogens with one attached hydrogen (secondary N) is 1. The lowest BCUT2D eigenvalue weighted by Crippen LogP contribution is -2.39. The zero-order valence-electron chi connectivity index (χ0n) is 15.6. The molecule has 1 saturated heterocycles. The molecule has 7 nitrogen and oxygen atoms in total. The van der Waals surface area contributed by atoms with Gasteiger partial charge < -0.3 is 4.74 Å². The molecule has 29 heavy (non-hydrogen) atoms. The highest BCUT2D eigenvalue weighted by molar-refractivity contribution is 8.00. The monoisotopic (exact) mass is 453 g/mol. The van der Waals surface area contributed by atoms with Gasteiger partial charge in [-0.15, -0.1) is 0 Å². The molecule has 2 aromatic carbocycles. The molecule has 0 aromatic heterocycles. The van der Waals surface area contributed by atoms with Crippen LogP contribution in [0.1, 0.15) is 5.56 Å². The maximum Gasteiger partial charge on any atom is 0.260 e. The summed E-state index contributed by atoms with van der Waals surface area (Å²) in [4.78, 5) is 12.2. The predicted octanol–water partition coefficient (Wildman–Crippen LogP) is 2.75. The molecular weight excluding hydrogens is 434 g/mol. The molecule has 10 heteroatoms. The first-order valence-corrected chi connectivity index (χ1v) is 12.1. The van der Waals surface area contributed by atoms with E-state index in [9.17, 15) is 13.2 Å². The molecule has 1 aliphatic heterocycles. The number of ether oxygens (including phenoxy) is 1. The summed E-state index contributed by atoms with van der Waals surface area (Å²) in [5.41, 5.74) is 3.32. The van der Waals surface area contributed by atoms with Gasteiger partial charge in [-0.1, -0.05) is 35.9 Å². The van der Waals surface area contributed by atoms with Crippen LogP contribution in [0.5, 0.6) is 5.75 Å². The van der Waals surface area contributed by atoms with E-state index in [1.54, 1.807) is 18.2 Å². The Labute approximate surface area is 179 Å².